The van der Waals surface area contributed by atoms with Crippen LogP contribution in [-0.2, 0) is 62.0 Å². The molecule has 18 heteroatoms. The lowest BCUT2D eigenvalue weighted by Crippen LogP contribution is -2.54. The number of hydrogen-bond donors (Lipinski definition) is 4. The Morgan fingerprint density at radius 2 is 0.943 bits per heavy atom. The smallest absolute Gasteiger partial charge is 0.329 e. The van der Waals surface area contributed by atoms with Gasteiger partial charge in [0.05, 0.1) is 12.6 Å². The zero-order chi connectivity index (χ0) is 53.2. The molecule has 406 valence electrons. The van der Waals surface area contributed by atoms with E-state index in [0.717, 1.165) is 32.1 Å². The fourth-order valence-electron chi connectivity index (χ4n) is 6.84. The molecule has 0 aromatic rings. The number of esters is 5. The number of unbranched alkanes of at least 4 members (excludes halogenated alkanes) is 14. The molecule has 0 rings (SSSR count). The third-order valence-corrected chi connectivity index (χ3v) is 11.5. The Kier molecular flexibility index (Phi) is 34.8. The van der Waals surface area contributed by atoms with Gasteiger partial charge in [-0.25, -0.2) is 4.79 Å². The highest BCUT2D eigenvalue weighted by Crippen LogP contribution is 2.17. The van der Waals surface area contributed by atoms with Crippen LogP contribution in [0.2, 0.25) is 0 Å². The van der Waals surface area contributed by atoms with E-state index in [4.69, 9.17) is 29.4 Å². The van der Waals surface area contributed by atoms with Crippen molar-refractivity contribution < 1.29 is 62.0 Å². The van der Waals surface area contributed by atoms with Gasteiger partial charge in [-0.15, -0.1) is 0 Å². The molecule has 0 spiro atoms. The molecule has 0 aliphatic heterocycles. The lowest BCUT2D eigenvalue weighted by atomic mass is 10.0. The Labute approximate surface area is 424 Å². The molecule has 0 unspecified atom stereocenters. The van der Waals surface area contributed by atoms with Crippen LogP contribution in [-0.4, -0.2) is 113 Å². The molecule has 5 N–H and O–H groups in total. The maximum absolute atomic E-state index is 13.7. The third kappa shape index (κ3) is 38.8. The van der Waals surface area contributed by atoms with E-state index < -0.39 is 83.2 Å². The van der Waals surface area contributed by atoms with Gasteiger partial charge < -0.3 is 45.4 Å². The second-order valence-corrected chi connectivity index (χ2v) is 22.1. The van der Waals surface area contributed by atoms with Gasteiger partial charge >= 0.3 is 29.8 Å². The number of nitrogens with two attached hydrogens (primary N) is 1. The molecule has 0 heterocycles. The first-order valence-electron chi connectivity index (χ1n) is 26.0. The minimum Gasteiger partial charge on any atom is -0.462 e. The standard InChI is InChI=1S/C52H94N4O13S/c1-12-14-16-17-18-19-20-21-22-23-24-25-27-29-44(59)66-38(35-65-43(58)28-26-15-13-2)36-70-37-39(53)47(62)54-34-42(57)55-40(30-32-45(60)67-50(3,4)5)48(63)56-41(49(64)69-52(9,10)11)31-33-46(61)68-51(6,7)8/h38-41H,12-37,53H2,1-11H3,(H,54,62)(H,55,57)(H,56,63)/t38-,39+,40+,41+/m1/s1. The van der Waals surface area contributed by atoms with Crippen molar-refractivity contribution in [1.82, 2.24) is 16.0 Å². The van der Waals surface area contributed by atoms with Gasteiger partial charge in [-0.05, 0) is 88.0 Å². The monoisotopic (exact) mass is 1010 g/mol. The second kappa shape index (κ2) is 36.9. The molecule has 0 bridgehead atoms. The van der Waals surface area contributed by atoms with Gasteiger partial charge in [0, 0.05) is 37.2 Å². The Morgan fingerprint density at radius 3 is 1.44 bits per heavy atom. The Morgan fingerprint density at radius 1 is 0.500 bits per heavy atom. The topological polar surface area (TPSA) is 245 Å². The average molecular weight is 1020 g/mol. The largest absolute Gasteiger partial charge is 0.462 e. The summed E-state index contributed by atoms with van der Waals surface area (Å²) in [6, 6.07) is -3.79. The Bertz CT molecular complexity index is 1560. The molecule has 4 atom stereocenters. The summed E-state index contributed by atoms with van der Waals surface area (Å²) in [5.41, 5.74) is 3.65. The Balaban J connectivity index is 5.48. The minimum absolute atomic E-state index is 0.0705. The molecule has 0 aromatic heterocycles. The van der Waals surface area contributed by atoms with Crippen molar-refractivity contribution >= 4 is 59.3 Å². The van der Waals surface area contributed by atoms with Gasteiger partial charge in [-0.2, -0.15) is 11.8 Å². The summed E-state index contributed by atoms with van der Waals surface area (Å²) in [6.07, 6.45) is 16.8. The summed E-state index contributed by atoms with van der Waals surface area (Å²) in [6.45, 7) is 18.6. The van der Waals surface area contributed by atoms with Crippen LogP contribution in [0.3, 0.4) is 0 Å². The van der Waals surface area contributed by atoms with Crippen LogP contribution in [0, 0.1) is 0 Å². The summed E-state index contributed by atoms with van der Waals surface area (Å²) < 4.78 is 27.4. The number of hydrogen-bond acceptors (Lipinski definition) is 15. The van der Waals surface area contributed by atoms with Gasteiger partial charge in [0.25, 0.3) is 0 Å². The average Bonchev–Trinajstić information content (AvgIpc) is 3.24. The molecule has 0 saturated heterocycles. The number of carbonyl (C=O) groups is 8. The normalized spacial score (nSPS) is 13.5. The molecular weight excluding hydrogens is 921 g/mol. The minimum atomic E-state index is -1.38. The number of carbonyl (C=O) groups excluding carboxylic acids is 8. The van der Waals surface area contributed by atoms with E-state index >= 15 is 0 Å². The van der Waals surface area contributed by atoms with E-state index in [0.29, 0.717) is 12.8 Å². The molecule has 3 amide bonds. The number of rotatable bonds is 38. The van der Waals surface area contributed by atoms with Crippen LogP contribution >= 0.6 is 11.8 Å². The first-order valence-corrected chi connectivity index (χ1v) is 27.1. The van der Waals surface area contributed by atoms with Gasteiger partial charge in [0.2, 0.25) is 17.7 Å². The van der Waals surface area contributed by atoms with E-state index in [1.807, 2.05) is 6.92 Å². The van der Waals surface area contributed by atoms with Crippen molar-refractivity contribution in [1.29, 1.82) is 0 Å². The predicted molar refractivity (Wildman–Crippen MR) is 273 cm³/mol. The van der Waals surface area contributed by atoms with Crippen LogP contribution in [0.5, 0.6) is 0 Å². The molecule has 0 aromatic carbocycles. The number of nitrogens with one attached hydrogen (secondary N) is 3. The van der Waals surface area contributed by atoms with Crippen molar-refractivity contribution in [2.45, 2.75) is 258 Å². The molecular formula is C52H94N4O13S. The molecule has 0 fully saturated rings. The first kappa shape index (κ1) is 66.1. The summed E-state index contributed by atoms with van der Waals surface area (Å²) in [7, 11) is 0. The van der Waals surface area contributed by atoms with Crippen molar-refractivity contribution in [2.75, 3.05) is 24.7 Å². The third-order valence-electron chi connectivity index (χ3n) is 10.3. The van der Waals surface area contributed by atoms with Gasteiger partial charge in [0.1, 0.15) is 41.6 Å². The number of thioether (sulfide) groups is 1. The van der Waals surface area contributed by atoms with E-state index in [1.165, 1.54) is 69.5 Å². The highest BCUT2D eigenvalue weighted by atomic mass is 32.2. The number of ether oxygens (including phenoxy) is 5. The molecule has 70 heavy (non-hydrogen) atoms. The van der Waals surface area contributed by atoms with Crippen LogP contribution < -0.4 is 21.7 Å². The highest BCUT2D eigenvalue weighted by molar-refractivity contribution is 7.99. The summed E-state index contributed by atoms with van der Waals surface area (Å²) >= 11 is 1.22. The van der Waals surface area contributed by atoms with Crippen LogP contribution in [0.25, 0.3) is 0 Å². The maximum atomic E-state index is 13.7. The number of amides is 3. The van der Waals surface area contributed by atoms with E-state index in [-0.39, 0.29) is 68.6 Å². The molecule has 0 aliphatic rings. The maximum Gasteiger partial charge on any atom is 0.329 e. The molecule has 17 nitrogen and oxygen atoms in total. The van der Waals surface area contributed by atoms with Gasteiger partial charge in [-0.1, -0.05) is 104 Å². The second-order valence-electron chi connectivity index (χ2n) is 21.1. The zero-order valence-corrected chi connectivity index (χ0v) is 45.8. The Hall–Kier alpha value is -3.93. The lowest BCUT2D eigenvalue weighted by Gasteiger charge is -2.27. The summed E-state index contributed by atoms with van der Waals surface area (Å²) in [5, 5.41) is 7.54. The fraction of sp³-hybridized carbons (Fsp3) is 0.846. The SMILES string of the molecule is CCCCCCCCCCCCCCCC(=O)O[C@H](COC(=O)CCCCC)CSC[C@H](N)C(=O)NCC(=O)N[C@@H](CCC(=O)OC(C)(C)C)C(=O)N[C@@H](CCC(=O)OC(C)(C)C)C(=O)OC(C)(C)C. The lowest BCUT2D eigenvalue weighted by molar-refractivity contribution is -0.161. The van der Waals surface area contributed by atoms with E-state index in [9.17, 15) is 38.4 Å². The molecule has 0 radical (unpaired) electrons. The molecule has 0 aliphatic carbocycles. The van der Waals surface area contributed by atoms with Crippen LogP contribution in [0.1, 0.15) is 217 Å². The zero-order valence-electron chi connectivity index (χ0n) is 45.0. The van der Waals surface area contributed by atoms with Gasteiger partial charge in [-0.3, -0.25) is 33.6 Å². The summed E-state index contributed by atoms with van der Waals surface area (Å²) in [5.74, 6) is -4.87. The highest BCUT2D eigenvalue weighted by Gasteiger charge is 2.32. The van der Waals surface area contributed by atoms with Crippen LogP contribution in [0.15, 0.2) is 0 Å². The van der Waals surface area contributed by atoms with Gasteiger partial charge in [0.15, 0.2) is 0 Å². The predicted octanol–water partition coefficient (Wildman–Crippen LogP) is 8.23. The van der Waals surface area contributed by atoms with Crippen molar-refractivity contribution in [3.63, 3.8) is 0 Å². The quantitative estimate of drug-likeness (QED) is 0.0258. The van der Waals surface area contributed by atoms with Crippen molar-refractivity contribution in [2.24, 2.45) is 5.73 Å². The van der Waals surface area contributed by atoms with E-state index in [2.05, 4.69) is 22.9 Å². The van der Waals surface area contributed by atoms with Crippen LogP contribution in [0.4, 0.5) is 0 Å². The fourth-order valence-corrected chi connectivity index (χ4v) is 7.81. The summed E-state index contributed by atoms with van der Waals surface area (Å²) in [4.78, 5) is 104. The van der Waals surface area contributed by atoms with Crippen molar-refractivity contribution in [3.05, 3.63) is 0 Å². The van der Waals surface area contributed by atoms with Crippen molar-refractivity contribution in [3.8, 4) is 0 Å². The van der Waals surface area contributed by atoms with E-state index in [1.54, 1.807) is 62.3 Å². The molecule has 0 saturated carbocycles. The first-order chi connectivity index (χ1) is 32.7.